The Balaban J connectivity index is 1.86. The molecule has 2 rings (SSSR count). The summed E-state index contributed by atoms with van der Waals surface area (Å²) in [5, 5.41) is 3.59. The molecule has 1 N–H and O–H groups in total. The third-order valence-corrected chi connectivity index (χ3v) is 5.18. The molecule has 0 spiro atoms. The van der Waals surface area contributed by atoms with Crippen LogP contribution in [0.3, 0.4) is 0 Å². The van der Waals surface area contributed by atoms with Crippen LogP contribution in [0.1, 0.15) is 58.8 Å². The Morgan fingerprint density at radius 3 is 2.44 bits per heavy atom. The maximum Gasteiger partial charge on any atom is -0.00179 e. The first-order valence-corrected chi connectivity index (χ1v) is 7.52. The van der Waals surface area contributed by atoms with E-state index in [4.69, 9.17) is 0 Å². The van der Waals surface area contributed by atoms with E-state index in [0.717, 1.165) is 23.7 Å². The van der Waals surface area contributed by atoms with Gasteiger partial charge in [0, 0.05) is 0 Å². The average molecular weight is 223 g/mol. The molecule has 1 aliphatic heterocycles. The third kappa shape index (κ3) is 3.00. The highest BCUT2D eigenvalue weighted by Gasteiger charge is 2.29. The summed E-state index contributed by atoms with van der Waals surface area (Å²) in [6.07, 6.45) is 10.3. The third-order valence-electron chi connectivity index (χ3n) is 5.18. The molecular weight excluding hydrogens is 194 g/mol. The first-order valence-electron chi connectivity index (χ1n) is 7.52. The standard InChI is InChI=1S/C15H29N/c1-3-13-6-4-5-7-14(13)10-15-11-16-9-8-12(15)2/h12-16H,3-11H2,1-2H3. The van der Waals surface area contributed by atoms with Crippen molar-refractivity contribution in [1.29, 1.82) is 0 Å². The second kappa shape index (κ2) is 6.05. The largest absolute Gasteiger partial charge is 0.316 e. The van der Waals surface area contributed by atoms with Crippen molar-refractivity contribution in [3.63, 3.8) is 0 Å². The van der Waals surface area contributed by atoms with Crippen LogP contribution in [0.4, 0.5) is 0 Å². The zero-order valence-corrected chi connectivity index (χ0v) is 11.2. The Morgan fingerprint density at radius 2 is 1.75 bits per heavy atom. The Labute approximate surface area is 101 Å². The molecule has 1 saturated carbocycles. The first-order chi connectivity index (χ1) is 7.81. The van der Waals surface area contributed by atoms with Gasteiger partial charge < -0.3 is 5.32 Å². The fourth-order valence-electron chi connectivity index (χ4n) is 3.89. The molecule has 0 aromatic heterocycles. The molecule has 16 heavy (non-hydrogen) atoms. The van der Waals surface area contributed by atoms with Crippen molar-refractivity contribution in [1.82, 2.24) is 5.32 Å². The van der Waals surface area contributed by atoms with Crippen LogP contribution >= 0.6 is 0 Å². The molecule has 0 amide bonds. The van der Waals surface area contributed by atoms with Crippen LogP contribution in [0.2, 0.25) is 0 Å². The summed E-state index contributed by atoms with van der Waals surface area (Å²) in [6.45, 7) is 7.40. The van der Waals surface area contributed by atoms with Crippen molar-refractivity contribution in [2.45, 2.75) is 58.8 Å². The molecule has 94 valence electrons. The summed E-state index contributed by atoms with van der Waals surface area (Å²) in [6, 6.07) is 0. The SMILES string of the molecule is CCC1CCCCC1CC1CNCCC1C. The maximum atomic E-state index is 3.59. The highest BCUT2D eigenvalue weighted by atomic mass is 14.9. The lowest BCUT2D eigenvalue weighted by Gasteiger charge is -2.37. The minimum Gasteiger partial charge on any atom is -0.316 e. The minimum absolute atomic E-state index is 0.959. The number of piperidine rings is 1. The van der Waals surface area contributed by atoms with Crippen LogP contribution in [0.5, 0.6) is 0 Å². The molecule has 1 saturated heterocycles. The van der Waals surface area contributed by atoms with Gasteiger partial charge in [0.05, 0.1) is 0 Å². The van der Waals surface area contributed by atoms with Gasteiger partial charge in [0.15, 0.2) is 0 Å². The summed E-state index contributed by atoms with van der Waals surface area (Å²) in [5.41, 5.74) is 0. The van der Waals surface area contributed by atoms with Gasteiger partial charge in [-0.2, -0.15) is 0 Å². The minimum atomic E-state index is 0.959. The molecule has 1 aliphatic carbocycles. The van der Waals surface area contributed by atoms with Crippen molar-refractivity contribution in [3.05, 3.63) is 0 Å². The second-order valence-corrected chi connectivity index (χ2v) is 6.18. The van der Waals surface area contributed by atoms with Gasteiger partial charge in [-0.1, -0.05) is 46.0 Å². The number of rotatable bonds is 3. The normalized spacial score (nSPS) is 40.9. The van der Waals surface area contributed by atoms with Gasteiger partial charge in [-0.05, 0) is 49.6 Å². The van der Waals surface area contributed by atoms with Gasteiger partial charge in [-0.25, -0.2) is 0 Å². The lowest BCUT2D eigenvalue weighted by atomic mass is 9.71. The number of hydrogen-bond donors (Lipinski definition) is 1. The molecule has 0 bridgehead atoms. The molecule has 2 fully saturated rings. The molecule has 2 aliphatic rings. The Hall–Kier alpha value is -0.0400. The zero-order chi connectivity index (χ0) is 11.4. The molecule has 1 heteroatoms. The van der Waals surface area contributed by atoms with Crippen LogP contribution in [-0.4, -0.2) is 13.1 Å². The van der Waals surface area contributed by atoms with E-state index < -0.39 is 0 Å². The predicted molar refractivity (Wildman–Crippen MR) is 70.5 cm³/mol. The summed E-state index contributed by atoms with van der Waals surface area (Å²) >= 11 is 0. The first kappa shape index (κ1) is 12.4. The van der Waals surface area contributed by atoms with E-state index >= 15 is 0 Å². The fourth-order valence-corrected chi connectivity index (χ4v) is 3.89. The highest BCUT2D eigenvalue weighted by Crippen LogP contribution is 2.38. The number of nitrogens with one attached hydrogen (secondary N) is 1. The Bertz CT molecular complexity index is 202. The van der Waals surface area contributed by atoms with E-state index in [2.05, 4.69) is 19.2 Å². The van der Waals surface area contributed by atoms with E-state index in [1.54, 1.807) is 0 Å². The molecular formula is C15H29N. The van der Waals surface area contributed by atoms with E-state index in [1.165, 1.54) is 58.0 Å². The summed E-state index contributed by atoms with van der Waals surface area (Å²) in [4.78, 5) is 0. The molecule has 4 unspecified atom stereocenters. The predicted octanol–water partition coefficient (Wildman–Crippen LogP) is 3.84. The van der Waals surface area contributed by atoms with Crippen LogP contribution < -0.4 is 5.32 Å². The van der Waals surface area contributed by atoms with Gasteiger partial charge in [0.25, 0.3) is 0 Å². The van der Waals surface area contributed by atoms with Crippen molar-refractivity contribution in [2.24, 2.45) is 23.7 Å². The van der Waals surface area contributed by atoms with Gasteiger partial charge in [0.2, 0.25) is 0 Å². The van der Waals surface area contributed by atoms with Gasteiger partial charge in [-0.3, -0.25) is 0 Å². The average Bonchev–Trinajstić information content (AvgIpc) is 2.33. The van der Waals surface area contributed by atoms with E-state index in [0.29, 0.717) is 0 Å². The number of hydrogen-bond acceptors (Lipinski definition) is 1. The summed E-state index contributed by atoms with van der Waals surface area (Å²) < 4.78 is 0. The second-order valence-electron chi connectivity index (χ2n) is 6.18. The monoisotopic (exact) mass is 223 g/mol. The molecule has 0 aromatic carbocycles. The van der Waals surface area contributed by atoms with E-state index in [-0.39, 0.29) is 0 Å². The fraction of sp³-hybridized carbons (Fsp3) is 1.00. The van der Waals surface area contributed by atoms with Crippen molar-refractivity contribution in [3.8, 4) is 0 Å². The van der Waals surface area contributed by atoms with Gasteiger partial charge >= 0.3 is 0 Å². The molecule has 1 nitrogen and oxygen atoms in total. The topological polar surface area (TPSA) is 12.0 Å². The van der Waals surface area contributed by atoms with Crippen LogP contribution in [0, 0.1) is 23.7 Å². The van der Waals surface area contributed by atoms with Gasteiger partial charge in [-0.15, -0.1) is 0 Å². The lowest BCUT2D eigenvalue weighted by Crippen LogP contribution is -2.37. The van der Waals surface area contributed by atoms with Crippen molar-refractivity contribution < 1.29 is 0 Å². The summed E-state index contributed by atoms with van der Waals surface area (Å²) in [7, 11) is 0. The Kier molecular flexibility index (Phi) is 4.69. The Morgan fingerprint density at radius 1 is 1.00 bits per heavy atom. The van der Waals surface area contributed by atoms with Gasteiger partial charge in [0.1, 0.15) is 0 Å². The summed E-state index contributed by atoms with van der Waals surface area (Å²) in [5.74, 6) is 4.01. The van der Waals surface area contributed by atoms with Crippen molar-refractivity contribution >= 4 is 0 Å². The molecule has 1 heterocycles. The van der Waals surface area contributed by atoms with Crippen LogP contribution in [0.15, 0.2) is 0 Å². The van der Waals surface area contributed by atoms with Crippen LogP contribution in [0.25, 0.3) is 0 Å². The smallest absolute Gasteiger partial charge is 0.00179 e. The maximum absolute atomic E-state index is 3.59. The molecule has 4 atom stereocenters. The lowest BCUT2D eigenvalue weighted by molar-refractivity contribution is 0.151. The van der Waals surface area contributed by atoms with E-state index in [9.17, 15) is 0 Å². The molecule has 0 aromatic rings. The van der Waals surface area contributed by atoms with Crippen LogP contribution in [-0.2, 0) is 0 Å². The zero-order valence-electron chi connectivity index (χ0n) is 11.2. The van der Waals surface area contributed by atoms with E-state index in [1.807, 2.05) is 0 Å². The quantitative estimate of drug-likeness (QED) is 0.766. The molecule has 0 radical (unpaired) electrons. The van der Waals surface area contributed by atoms with Crippen molar-refractivity contribution in [2.75, 3.05) is 13.1 Å². The highest BCUT2D eigenvalue weighted by molar-refractivity contribution is 4.82.